The van der Waals surface area contributed by atoms with E-state index < -0.39 is 5.97 Å². The van der Waals surface area contributed by atoms with E-state index in [1.54, 1.807) is 6.07 Å². The van der Waals surface area contributed by atoms with Crippen LogP contribution in [-0.4, -0.2) is 18.5 Å². The van der Waals surface area contributed by atoms with Crippen molar-refractivity contribution in [2.75, 3.05) is 6.61 Å². The third-order valence-corrected chi connectivity index (χ3v) is 3.93. The standard InChI is InChI=1S/C16H17NO3S/c1-11-8-9-14(21-11)16(19)20-10-15(18)17-12(2)13-6-4-3-5-7-13/h3-9,12H,10H2,1-2H3,(H,17,18)/t12-/m0/s1. The molecular weight excluding hydrogens is 286 g/mol. The number of nitrogens with one attached hydrogen (secondary N) is 1. The predicted octanol–water partition coefficient (Wildman–Crippen LogP) is 3.09. The SMILES string of the molecule is Cc1ccc(C(=O)OCC(=O)N[C@@H](C)c2ccccc2)s1. The molecule has 0 saturated heterocycles. The van der Waals surface area contributed by atoms with Gasteiger partial charge in [-0.1, -0.05) is 30.3 Å². The maximum atomic E-state index is 11.8. The second-order valence-corrected chi connectivity index (χ2v) is 5.97. The lowest BCUT2D eigenvalue weighted by Gasteiger charge is -2.14. The summed E-state index contributed by atoms with van der Waals surface area (Å²) in [5.74, 6) is -0.774. The number of ether oxygens (including phenoxy) is 1. The highest BCUT2D eigenvalue weighted by molar-refractivity contribution is 7.13. The molecule has 1 aromatic carbocycles. The fourth-order valence-corrected chi connectivity index (χ4v) is 2.62. The van der Waals surface area contributed by atoms with Crippen molar-refractivity contribution in [3.63, 3.8) is 0 Å². The van der Waals surface area contributed by atoms with Crippen molar-refractivity contribution in [3.05, 3.63) is 57.8 Å². The Morgan fingerprint density at radius 3 is 2.52 bits per heavy atom. The number of carbonyl (C=O) groups excluding carboxylic acids is 2. The summed E-state index contributed by atoms with van der Waals surface area (Å²) < 4.78 is 5.00. The highest BCUT2D eigenvalue weighted by Crippen LogP contribution is 2.16. The van der Waals surface area contributed by atoms with Crippen LogP contribution in [0.4, 0.5) is 0 Å². The number of rotatable bonds is 5. The number of carbonyl (C=O) groups is 2. The van der Waals surface area contributed by atoms with Crippen molar-refractivity contribution in [3.8, 4) is 0 Å². The monoisotopic (exact) mass is 303 g/mol. The van der Waals surface area contributed by atoms with Gasteiger partial charge in [-0.3, -0.25) is 4.79 Å². The number of esters is 1. The first-order valence-electron chi connectivity index (χ1n) is 6.64. The van der Waals surface area contributed by atoms with E-state index in [0.717, 1.165) is 10.4 Å². The van der Waals surface area contributed by atoms with Gasteiger partial charge in [0.25, 0.3) is 5.91 Å². The lowest BCUT2D eigenvalue weighted by atomic mass is 10.1. The van der Waals surface area contributed by atoms with E-state index in [1.807, 2.05) is 50.2 Å². The number of hydrogen-bond acceptors (Lipinski definition) is 4. The minimum atomic E-state index is -0.462. The molecule has 1 amide bonds. The Kier molecular flexibility index (Phi) is 5.11. The zero-order valence-electron chi connectivity index (χ0n) is 12.0. The smallest absolute Gasteiger partial charge is 0.348 e. The van der Waals surface area contributed by atoms with Gasteiger partial charge in [0, 0.05) is 4.88 Å². The van der Waals surface area contributed by atoms with E-state index >= 15 is 0 Å². The van der Waals surface area contributed by atoms with Crippen LogP contribution in [0.1, 0.15) is 33.1 Å². The third-order valence-electron chi connectivity index (χ3n) is 2.95. The highest BCUT2D eigenvalue weighted by atomic mass is 32.1. The van der Waals surface area contributed by atoms with Gasteiger partial charge >= 0.3 is 5.97 Å². The molecule has 0 radical (unpaired) electrons. The minimum absolute atomic E-state index is 0.124. The van der Waals surface area contributed by atoms with Crippen molar-refractivity contribution in [2.24, 2.45) is 0 Å². The zero-order valence-corrected chi connectivity index (χ0v) is 12.8. The van der Waals surface area contributed by atoms with Crippen molar-refractivity contribution < 1.29 is 14.3 Å². The van der Waals surface area contributed by atoms with Crippen LogP contribution < -0.4 is 5.32 Å². The molecule has 1 aromatic heterocycles. The van der Waals surface area contributed by atoms with Gasteiger partial charge in [0.2, 0.25) is 0 Å². The van der Waals surface area contributed by atoms with Crippen LogP contribution in [-0.2, 0) is 9.53 Å². The second-order valence-electron chi connectivity index (χ2n) is 4.69. The Hall–Kier alpha value is -2.14. The Balaban J connectivity index is 1.81. The van der Waals surface area contributed by atoms with Gasteiger partial charge in [-0.2, -0.15) is 0 Å². The summed E-state index contributed by atoms with van der Waals surface area (Å²) in [6.45, 7) is 3.53. The lowest BCUT2D eigenvalue weighted by Crippen LogP contribution is -2.31. The van der Waals surface area contributed by atoms with Gasteiger partial charge in [0.15, 0.2) is 6.61 Å². The number of thiophene rings is 1. The number of benzene rings is 1. The van der Waals surface area contributed by atoms with Crippen LogP contribution in [0.25, 0.3) is 0 Å². The number of hydrogen-bond donors (Lipinski definition) is 1. The summed E-state index contributed by atoms with van der Waals surface area (Å²) in [5, 5.41) is 2.80. The Morgan fingerprint density at radius 2 is 1.90 bits per heavy atom. The van der Waals surface area contributed by atoms with Crippen molar-refractivity contribution in [1.82, 2.24) is 5.32 Å². The van der Waals surface area contributed by atoms with Gasteiger partial charge in [-0.25, -0.2) is 4.79 Å². The maximum Gasteiger partial charge on any atom is 0.348 e. The summed E-state index contributed by atoms with van der Waals surface area (Å²) in [7, 11) is 0. The van der Waals surface area contributed by atoms with Crippen LogP contribution in [0.2, 0.25) is 0 Å². The van der Waals surface area contributed by atoms with E-state index in [-0.39, 0.29) is 18.6 Å². The largest absolute Gasteiger partial charge is 0.451 e. The molecule has 110 valence electrons. The van der Waals surface area contributed by atoms with Crippen molar-refractivity contribution in [1.29, 1.82) is 0 Å². The van der Waals surface area contributed by atoms with Gasteiger partial charge in [-0.15, -0.1) is 11.3 Å². The van der Waals surface area contributed by atoms with E-state index in [2.05, 4.69) is 5.32 Å². The molecule has 0 aliphatic carbocycles. The van der Waals surface area contributed by atoms with Gasteiger partial charge in [0.05, 0.1) is 6.04 Å². The quantitative estimate of drug-likeness (QED) is 0.864. The van der Waals surface area contributed by atoms with Crippen LogP contribution in [0, 0.1) is 6.92 Å². The second kappa shape index (κ2) is 7.04. The fraction of sp³-hybridized carbons (Fsp3) is 0.250. The molecule has 5 heteroatoms. The summed E-state index contributed by atoms with van der Waals surface area (Å²) in [6, 6.07) is 13.0. The highest BCUT2D eigenvalue weighted by Gasteiger charge is 2.14. The first kappa shape index (κ1) is 15.3. The first-order valence-corrected chi connectivity index (χ1v) is 7.46. The Bertz CT molecular complexity index is 621. The molecular formula is C16H17NO3S. The zero-order chi connectivity index (χ0) is 15.2. The molecule has 21 heavy (non-hydrogen) atoms. The van der Waals surface area contributed by atoms with Crippen molar-refractivity contribution in [2.45, 2.75) is 19.9 Å². The molecule has 2 aromatic rings. The summed E-state index contributed by atoms with van der Waals surface area (Å²) in [5.41, 5.74) is 1.01. The van der Waals surface area contributed by atoms with Crippen molar-refractivity contribution >= 4 is 23.2 Å². The molecule has 1 N–H and O–H groups in total. The first-order chi connectivity index (χ1) is 10.1. The average molecular weight is 303 g/mol. The van der Waals surface area contributed by atoms with Crippen LogP contribution >= 0.6 is 11.3 Å². The molecule has 0 unspecified atom stereocenters. The summed E-state index contributed by atoms with van der Waals surface area (Å²) in [4.78, 5) is 25.1. The van der Waals surface area contributed by atoms with E-state index in [0.29, 0.717) is 4.88 Å². The molecule has 4 nitrogen and oxygen atoms in total. The normalized spacial score (nSPS) is 11.7. The molecule has 0 aliphatic heterocycles. The Labute approximate surface area is 127 Å². The maximum absolute atomic E-state index is 11.8. The van der Waals surface area contributed by atoms with Gasteiger partial charge in [-0.05, 0) is 31.5 Å². The van der Waals surface area contributed by atoms with E-state index in [4.69, 9.17) is 4.74 Å². The third kappa shape index (κ3) is 4.43. The number of aryl methyl sites for hydroxylation is 1. The molecule has 0 spiro atoms. The van der Waals surface area contributed by atoms with Crippen LogP contribution in [0.5, 0.6) is 0 Å². The molecule has 0 aliphatic rings. The topological polar surface area (TPSA) is 55.4 Å². The number of amides is 1. The molecule has 1 heterocycles. The van der Waals surface area contributed by atoms with Crippen LogP contribution in [0.15, 0.2) is 42.5 Å². The molecule has 0 fully saturated rings. The molecule has 1 atom stereocenters. The lowest BCUT2D eigenvalue weighted by molar-refractivity contribution is -0.124. The summed E-state index contributed by atoms with van der Waals surface area (Å²) >= 11 is 1.35. The average Bonchev–Trinajstić information content (AvgIpc) is 2.92. The van der Waals surface area contributed by atoms with Gasteiger partial charge < -0.3 is 10.1 Å². The van der Waals surface area contributed by atoms with Crippen LogP contribution in [0.3, 0.4) is 0 Å². The minimum Gasteiger partial charge on any atom is -0.451 e. The fourth-order valence-electron chi connectivity index (χ4n) is 1.85. The molecule has 2 rings (SSSR count). The summed E-state index contributed by atoms with van der Waals surface area (Å²) in [6.07, 6.45) is 0. The van der Waals surface area contributed by atoms with E-state index in [9.17, 15) is 9.59 Å². The Morgan fingerprint density at radius 1 is 1.19 bits per heavy atom. The molecule has 0 saturated carbocycles. The predicted molar refractivity (Wildman–Crippen MR) is 82.3 cm³/mol. The van der Waals surface area contributed by atoms with E-state index in [1.165, 1.54) is 11.3 Å². The molecule has 0 bridgehead atoms. The van der Waals surface area contributed by atoms with Gasteiger partial charge in [0.1, 0.15) is 4.88 Å².